The van der Waals surface area contributed by atoms with Gasteiger partial charge in [0.05, 0.1) is 12.5 Å². The molecule has 2 amide bonds. The van der Waals surface area contributed by atoms with E-state index in [1.54, 1.807) is 11.8 Å². The van der Waals surface area contributed by atoms with Crippen molar-refractivity contribution in [2.75, 3.05) is 37.8 Å². The Balaban J connectivity index is 1.37. The first-order valence-electron chi connectivity index (χ1n) is 9.15. The first kappa shape index (κ1) is 17.4. The fraction of sp³-hybridized carbons (Fsp3) is 0.474. The molecule has 1 atom stereocenters. The fourth-order valence-corrected chi connectivity index (χ4v) is 4.65. The standard InChI is InChI=1S/C19H24N4O2S/c24-18(10-14-11-20-16-5-2-1-4-15(14)16)22-6-3-7-23(9-8-22)19(25)17-12-26-13-21-17/h1-2,4-5,11,17,20-21H,3,6-10,12-13H2. The van der Waals surface area contributed by atoms with Crippen LogP contribution in [0.1, 0.15) is 12.0 Å². The first-order chi connectivity index (χ1) is 12.7. The molecule has 4 rings (SSSR count). The van der Waals surface area contributed by atoms with E-state index in [0.717, 1.165) is 47.6 Å². The van der Waals surface area contributed by atoms with Gasteiger partial charge in [0, 0.05) is 54.9 Å². The molecular weight excluding hydrogens is 348 g/mol. The van der Waals surface area contributed by atoms with Gasteiger partial charge in [-0.05, 0) is 18.1 Å². The monoisotopic (exact) mass is 372 g/mol. The molecule has 7 heteroatoms. The topological polar surface area (TPSA) is 68.4 Å². The zero-order valence-corrected chi connectivity index (χ0v) is 15.6. The molecule has 0 radical (unpaired) electrons. The van der Waals surface area contributed by atoms with E-state index in [2.05, 4.69) is 10.3 Å². The van der Waals surface area contributed by atoms with Crippen molar-refractivity contribution in [1.82, 2.24) is 20.1 Å². The normalized spacial score (nSPS) is 21.2. The molecule has 26 heavy (non-hydrogen) atoms. The largest absolute Gasteiger partial charge is 0.361 e. The van der Waals surface area contributed by atoms with Gasteiger partial charge in [0.25, 0.3) is 0 Å². The molecule has 0 aliphatic carbocycles. The van der Waals surface area contributed by atoms with Crippen LogP contribution in [0.15, 0.2) is 30.5 Å². The number of nitrogens with zero attached hydrogens (tertiary/aromatic N) is 2. The number of aromatic amines is 1. The number of benzene rings is 1. The Morgan fingerprint density at radius 3 is 2.77 bits per heavy atom. The van der Waals surface area contributed by atoms with Crippen LogP contribution in [0.5, 0.6) is 0 Å². The second-order valence-corrected chi connectivity index (χ2v) is 7.90. The molecule has 3 heterocycles. The highest BCUT2D eigenvalue weighted by molar-refractivity contribution is 7.99. The zero-order chi connectivity index (χ0) is 17.9. The average Bonchev–Trinajstić information content (AvgIpc) is 3.26. The molecule has 0 saturated carbocycles. The van der Waals surface area contributed by atoms with Crippen molar-refractivity contribution >= 4 is 34.5 Å². The molecule has 2 saturated heterocycles. The Morgan fingerprint density at radius 1 is 1.12 bits per heavy atom. The molecule has 0 spiro atoms. The van der Waals surface area contributed by atoms with Crippen LogP contribution in [0.3, 0.4) is 0 Å². The van der Waals surface area contributed by atoms with Gasteiger partial charge in [-0.2, -0.15) is 0 Å². The number of carbonyl (C=O) groups excluding carboxylic acids is 2. The number of aromatic nitrogens is 1. The van der Waals surface area contributed by atoms with E-state index < -0.39 is 0 Å². The fourth-order valence-electron chi connectivity index (χ4n) is 3.71. The molecule has 6 nitrogen and oxygen atoms in total. The second kappa shape index (κ2) is 7.72. The van der Waals surface area contributed by atoms with Crippen LogP contribution in [0.25, 0.3) is 10.9 Å². The van der Waals surface area contributed by atoms with E-state index in [-0.39, 0.29) is 17.9 Å². The minimum Gasteiger partial charge on any atom is -0.361 e. The molecule has 2 aliphatic heterocycles. The van der Waals surface area contributed by atoms with E-state index in [4.69, 9.17) is 0 Å². The smallest absolute Gasteiger partial charge is 0.240 e. The van der Waals surface area contributed by atoms with Gasteiger partial charge in [0.1, 0.15) is 0 Å². The molecular formula is C19H24N4O2S. The van der Waals surface area contributed by atoms with Gasteiger partial charge in [0.15, 0.2) is 0 Å². The number of hydrogen-bond acceptors (Lipinski definition) is 4. The van der Waals surface area contributed by atoms with Crippen LogP contribution in [-0.2, 0) is 16.0 Å². The maximum atomic E-state index is 12.8. The third-order valence-electron chi connectivity index (χ3n) is 5.19. The maximum Gasteiger partial charge on any atom is 0.240 e. The molecule has 1 aromatic heterocycles. The molecule has 2 fully saturated rings. The summed E-state index contributed by atoms with van der Waals surface area (Å²) in [4.78, 5) is 32.4. The minimum absolute atomic E-state index is 0.0616. The minimum atomic E-state index is -0.0616. The summed E-state index contributed by atoms with van der Waals surface area (Å²) in [6.45, 7) is 2.70. The summed E-state index contributed by atoms with van der Waals surface area (Å²) < 4.78 is 0. The highest BCUT2D eigenvalue weighted by atomic mass is 32.2. The highest BCUT2D eigenvalue weighted by Crippen LogP contribution is 2.19. The van der Waals surface area contributed by atoms with E-state index >= 15 is 0 Å². The Kier molecular flexibility index (Phi) is 5.17. The molecule has 2 aliphatic rings. The van der Waals surface area contributed by atoms with Gasteiger partial charge < -0.3 is 14.8 Å². The van der Waals surface area contributed by atoms with Gasteiger partial charge in [-0.3, -0.25) is 14.9 Å². The molecule has 2 aromatic rings. The molecule has 1 aromatic carbocycles. The predicted octanol–water partition coefficient (Wildman–Crippen LogP) is 1.43. The summed E-state index contributed by atoms with van der Waals surface area (Å²) in [6.07, 6.45) is 3.17. The Labute approximate surface area is 157 Å². The third-order valence-corrected chi connectivity index (χ3v) is 6.13. The van der Waals surface area contributed by atoms with Crippen molar-refractivity contribution in [3.05, 3.63) is 36.0 Å². The highest BCUT2D eigenvalue weighted by Gasteiger charge is 2.29. The predicted molar refractivity (Wildman–Crippen MR) is 104 cm³/mol. The van der Waals surface area contributed by atoms with Gasteiger partial charge in [-0.15, -0.1) is 11.8 Å². The first-order valence-corrected chi connectivity index (χ1v) is 10.3. The lowest BCUT2D eigenvalue weighted by molar-refractivity contribution is -0.134. The van der Waals surface area contributed by atoms with Crippen molar-refractivity contribution < 1.29 is 9.59 Å². The van der Waals surface area contributed by atoms with Crippen molar-refractivity contribution in [2.24, 2.45) is 0 Å². The number of nitrogens with one attached hydrogen (secondary N) is 2. The van der Waals surface area contributed by atoms with Crippen LogP contribution >= 0.6 is 11.8 Å². The van der Waals surface area contributed by atoms with Crippen molar-refractivity contribution in [3.8, 4) is 0 Å². The number of fused-ring (bicyclic) bond motifs is 1. The van der Waals surface area contributed by atoms with Crippen molar-refractivity contribution in [1.29, 1.82) is 0 Å². The van der Waals surface area contributed by atoms with Crippen molar-refractivity contribution in [3.63, 3.8) is 0 Å². The van der Waals surface area contributed by atoms with Gasteiger partial charge in [-0.25, -0.2) is 0 Å². The molecule has 0 bridgehead atoms. The number of hydrogen-bond donors (Lipinski definition) is 2. The quantitative estimate of drug-likeness (QED) is 0.855. The van der Waals surface area contributed by atoms with E-state index in [9.17, 15) is 9.59 Å². The molecule has 138 valence electrons. The Bertz CT molecular complexity index is 800. The second-order valence-electron chi connectivity index (χ2n) is 6.87. The van der Waals surface area contributed by atoms with Crippen LogP contribution in [0.2, 0.25) is 0 Å². The van der Waals surface area contributed by atoms with Gasteiger partial charge in [-0.1, -0.05) is 18.2 Å². The number of amides is 2. The van der Waals surface area contributed by atoms with Gasteiger partial charge in [0.2, 0.25) is 11.8 Å². The lowest BCUT2D eigenvalue weighted by Gasteiger charge is -2.24. The van der Waals surface area contributed by atoms with E-state index in [1.165, 1.54) is 0 Å². The summed E-state index contributed by atoms with van der Waals surface area (Å²) in [6, 6.07) is 7.99. The summed E-state index contributed by atoms with van der Waals surface area (Å²) in [7, 11) is 0. The lowest BCUT2D eigenvalue weighted by atomic mass is 10.1. The summed E-state index contributed by atoms with van der Waals surface area (Å²) in [5.41, 5.74) is 2.10. The summed E-state index contributed by atoms with van der Waals surface area (Å²) >= 11 is 1.76. The van der Waals surface area contributed by atoms with Crippen LogP contribution in [-0.4, -0.2) is 70.4 Å². The number of rotatable bonds is 3. The Morgan fingerprint density at radius 2 is 1.92 bits per heavy atom. The SMILES string of the molecule is O=C(Cc1c[nH]c2ccccc12)N1CCCN(C(=O)C2CSCN2)CC1. The van der Waals surface area contributed by atoms with Gasteiger partial charge >= 0.3 is 0 Å². The maximum absolute atomic E-state index is 12.8. The van der Waals surface area contributed by atoms with Crippen LogP contribution < -0.4 is 5.32 Å². The number of para-hydroxylation sites is 1. The van der Waals surface area contributed by atoms with Crippen molar-refractivity contribution in [2.45, 2.75) is 18.9 Å². The number of H-pyrrole nitrogens is 1. The van der Waals surface area contributed by atoms with Crippen LogP contribution in [0, 0.1) is 0 Å². The average molecular weight is 372 g/mol. The third kappa shape index (κ3) is 3.59. The summed E-state index contributed by atoms with van der Waals surface area (Å²) in [5.74, 6) is 2.01. The van der Waals surface area contributed by atoms with Crippen LogP contribution in [0.4, 0.5) is 0 Å². The molecule has 1 unspecified atom stereocenters. The number of thioether (sulfide) groups is 1. The Hall–Kier alpha value is -1.99. The zero-order valence-electron chi connectivity index (χ0n) is 14.7. The number of carbonyl (C=O) groups is 2. The van der Waals surface area contributed by atoms with E-state index in [1.807, 2.05) is 40.3 Å². The molecule has 2 N–H and O–H groups in total. The summed E-state index contributed by atoms with van der Waals surface area (Å²) in [5, 5.41) is 4.35. The lowest BCUT2D eigenvalue weighted by Crippen LogP contribution is -2.46. The van der Waals surface area contributed by atoms with E-state index in [0.29, 0.717) is 19.5 Å².